The van der Waals surface area contributed by atoms with E-state index in [9.17, 15) is 0 Å². The van der Waals surface area contributed by atoms with Crippen molar-refractivity contribution in [1.82, 2.24) is 10.3 Å². The number of nitrogens with zero attached hydrogens (tertiary/aromatic N) is 1. The third-order valence-electron chi connectivity index (χ3n) is 2.32. The number of pyridine rings is 1. The molecule has 84 valence electrons. The minimum absolute atomic E-state index is 0.194. The van der Waals surface area contributed by atoms with E-state index >= 15 is 0 Å². The molecule has 3 heteroatoms. The highest BCUT2D eigenvalue weighted by atomic mass is 16.5. The maximum atomic E-state index is 5.85. The van der Waals surface area contributed by atoms with Gasteiger partial charge in [-0.05, 0) is 32.0 Å². The molecular weight excluding hydrogens is 188 g/mol. The second kappa shape index (κ2) is 5.71. The highest BCUT2D eigenvalue weighted by Gasteiger charge is 2.13. The van der Waals surface area contributed by atoms with Gasteiger partial charge in [0.05, 0.1) is 6.20 Å². The van der Waals surface area contributed by atoms with Crippen molar-refractivity contribution in [3.8, 4) is 5.75 Å². The van der Waals surface area contributed by atoms with Gasteiger partial charge in [0.25, 0.3) is 0 Å². The molecule has 1 heterocycles. The first-order valence-electron chi connectivity index (χ1n) is 5.37. The van der Waals surface area contributed by atoms with Crippen LogP contribution in [-0.2, 0) is 0 Å². The topological polar surface area (TPSA) is 34.1 Å². The predicted octanol–water partition coefficient (Wildman–Crippen LogP) is 2.01. The molecule has 1 atom stereocenters. The Morgan fingerprint density at radius 3 is 2.60 bits per heavy atom. The number of aryl methyl sites for hydroxylation is 1. The molecule has 15 heavy (non-hydrogen) atoms. The van der Waals surface area contributed by atoms with Crippen LogP contribution in [0.15, 0.2) is 18.3 Å². The van der Waals surface area contributed by atoms with Gasteiger partial charge in [-0.25, -0.2) is 0 Å². The van der Waals surface area contributed by atoms with Crippen LogP contribution in [0.1, 0.15) is 19.5 Å². The normalized spacial score (nSPS) is 12.9. The summed E-state index contributed by atoms with van der Waals surface area (Å²) < 4.78 is 5.85. The summed E-state index contributed by atoms with van der Waals surface area (Å²) in [6.45, 7) is 7.14. The van der Waals surface area contributed by atoms with E-state index in [1.54, 1.807) is 6.20 Å². The van der Waals surface area contributed by atoms with Crippen LogP contribution in [0.4, 0.5) is 0 Å². The van der Waals surface area contributed by atoms with Crippen molar-refractivity contribution in [3.05, 3.63) is 24.0 Å². The maximum absolute atomic E-state index is 5.85. The van der Waals surface area contributed by atoms with Crippen LogP contribution in [0.5, 0.6) is 5.75 Å². The van der Waals surface area contributed by atoms with Crippen molar-refractivity contribution in [3.63, 3.8) is 0 Å². The largest absolute Gasteiger partial charge is 0.487 e. The van der Waals surface area contributed by atoms with E-state index < -0.39 is 0 Å². The molecule has 0 saturated carbocycles. The molecule has 1 N–H and O–H groups in total. The molecule has 1 rings (SSSR count). The summed E-state index contributed by atoms with van der Waals surface area (Å²) in [6, 6.07) is 3.93. The average Bonchev–Trinajstić information content (AvgIpc) is 2.20. The molecule has 1 unspecified atom stereocenters. The van der Waals surface area contributed by atoms with Gasteiger partial charge in [0.2, 0.25) is 0 Å². The van der Waals surface area contributed by atoms with Crippen LogP contribution < -0.4 is 10.1 Å². The van der Waals surface area contributed by atoms with Gasteiger partial charge in [0.15, 0.2) is 0 Å². The highest BCUT2D eigenvalue weighted by molar-refractivity contribution is 5.19. The molecule has 0 radical (unpaired) electrons. The van der Waals surface area contributed by atoms with Crippen LogP contribution >= 0.6 is 0 Å². The van der Waals surface area contributed by atoms with Crippen molar-refractivity contribution < 1.29 is 4.74 Å². The zero-order chi connectivity index (χ0) is 11.3. The fourth-order valence-electron chi connectivity index (χ4n) is 1.31. The molecular formula is C12H20N2O. The number of hydrogen-bond acceptors (Lipinski definition) is 3. The predicted molar refractivity (Wildman–Crippen MR) is 62.2 cm³/mol. The number of hydrogen-bond donors (Lipinski definition) is 1. The van der Waals surface area contributed by atoms with Gasteiger partial charge in [-0.2, -0.15) is 0 Å². The Kier molecular flexibility index (Phi) is 4.56. The van der Waals surface area contributed by atoms with Gasteiger partial charge in [-0.3, -0.25) is 4.98 Å². The zero-order valence-corrected chi connectivity index (χ0v) is 9.95. The molecule has 0 aliphatic carbocycles. The molecule has 0 aliphatic rings. The van der Waals surface area contributed by atoms with Crippen LogP contribution in [0.3, 0.4) is 0 Å². The molecule has 0 fully saturated rings. The van der Waals surface area contributed by atoms with Crippen molar-refractivity contribution >= 4 is 0 Å². The summed E-state index contributed by atoms with van der Waals surface area (Å²) in [5.74, 6) is 1.33. The monoisotopic (exact) mass is 208 g/mol. The first-order chi connectivity index (χ1) is 7.13. The maximum Gasteiger partial charge on any atom is 0.138 e. The Balaban J connectivity index is 2.61. The lowest BCUT2D eigenvalue weighted by molar-refractivity contribution is 0.151. The Labute approximate surface area is 91.9 Å². The van der Waals surface area contributed by atoms with E-state index in [1.165, 1.54) is 0 Å². The molecule has 1 aromatic rings. The van der Waals surface area contributed by atoms with Crippen molar-refractivity contribution in [2.24, 2.45) is 5.92 Å². The van der Waals surface area contributed by atoms with Gasteiger partial charge >= 0.3 is 0 Å². The Hall–Kier alpha value is -1.09. The minimum Gasteiger partial charge on any atom is -0.487 e. The van der Waals surface area contributed by atoms with Gasteiger partial charge in [-0.15, -0.1) is 0 Å². The van der Waals surface area contributed by atoms with Crippen LogP contribution in [0.2, 0.25) is 0 Å². The number of ether oxygens (including phenoxy) is 1. The van der Waals surface area contributed by atoms with Gasteiger partial charge in [0.1, 0.15) is 11.9 Å². The summed E-state index contributed by atoms with van der Waals surface area (Å²) in [5, 5.41) is 3.14. The Morgan fingerprint density at radius 1 is 1.40 bits per heavy atom. The first-order valence-corrected chi connectivity index (χ1v) is 5.37. The minimum atomic E-state index is 0.194. The van der Waals surface area contributed by atoms with Crippen LogP contribution in [-0.4, -0.2) is 24.7 Å². The fraction of sp³-hybridized carbons (Fsp3) is 0.583. The third kappa shape index (κ3) is 3.88. The second-order valence-electron chi connectivity index (χ2n) is 4.09. The van der Waals surface area contributed by atoms with E-state index in [-0.39, 0.29) is 6.10 Å². The molecule has 0 spiro atoms. The summed E-state index contributed by atoms with van der Waals surface area (Å²) in [5.41, 5.74) is 1.01. The molecule has 0 amide bonds. The highest BCUT2D eigenvalue weighted by Crippen LogP contribution is 2.14. The summed E-state index contributed by atoms with van der Waals surface area (Å²) in [7, 11) is 1.94. The van der Waals surface area contributed by atoms with Gasteiger partial charge in [-0.1, -0.05) is 13.8 Å². The molecule has 3 nitrogen and oxygen atoms in total. The number of aromatic nitrogens is 1. The Morgan fingerprint density at radius 2 is 2.13 bits per heavy atom. The van der Waals surface area contributed by atoms with Gasteiger partial charge < -0.3 is 10.1 Å². The molecule has 0 saturated heterocycles. The van der Waals surface area contributed by atoms with Crippen molar-refractivity contribution in [1.29, 1.82) is 0 Å². The van der Waals surface area contributed by atoms with E-state index in [4.69, 9.17) is 4.74 Å². The van der Waals surface area contributed by atoms with Crippen LogP contribution in [0.25, 0.3) is 0 Å². The fourth-order valence-corrected chi connectivity index (χ4v) is 1.31. The van der Waals surface area contributed by atoms with Crippen molar-refractivity contribution in [2.75, 3.05) is 13.6 Å². The first kappa shape index (κ1) is 12.0. The molecule has 0 aliphatic heterocycles. The number of rotatable bonds is 5. The third-order valence-corrected chi connectivity index (χ3v) is 2.32. The standard InChI is InChI=1S/C12H20N2O/c1-9(2)12(8-13-4)15-11-6-5-10(3)14-7-11/h5-7,9,12-13H,8H2,1-4H3. The number of likely N-dealkylation sites (N-methyl/N-ethyl adjacent to an activating group) is 1. The van der Waals surface area contributed by atoms with E-state index in [0.717, 1.165) is 18.0 Å². The summed E-state index contributed by atoms with van der Waals surface area (Å²) in [4.78, 5) is 4.21. The second-order valence-corrected chi connectivity index (χ2v) is 4.09. The molecule has 1 aromatic heterocycles. The van der Waals surface area contributed by atoms with E-state index in [0.29, 0.717) is 5.92 Å². The lowest BCUT2D eigenvalue weighted by Gasteiger charge is -2.22. The summed E-state index contributed by atoms with van der Waals surface area (Å²) in [6.07, 6.45) is 1.97. The quantitative estimate of drug-likeness (QED) is 0.803. The lowest BCUT2D eigenvalue weighted by atomic mass is 10.1. The van der Waals surface area contributed by atoms with E-state index in [1.807, 2.05) is 26.1 Å². The van der Waals surface area contributed by atoms with Crippen LogP contribution in [0, 0.1) is 12.8 Å². The van der Waals surface area contributed by atoms with E-state index in [2.05, 4.69) is 24.1 Å². The zero-order valence-electron chi connectivity index (χ0n) is 9.95. The lowest BCUT2D eigenvalue weighted by Crippen LogP contribution is -2.33. The van der Waals surface area contributed by atoms with Gasteiger partial charge in [0, 0.05) is 12.2 Å². The smallest absolute Gasteiger partial charge is 0.138 e. The Bertz CT molecular complexity index is 282. The SMILES string of the molecule is CNCC(Oc1ccc(C)nc1)C(C)C. The molecule has 0 aromatic carbocycles. The number of nitrogens with one attached hydrogen (secondary N) is 1. The van der Waals surface area contributed by atoms with Crippen molar-refractivity contribution in [2.45, 2.75) is 26.9 Å². The molecule has 0 bridgehead atoms. The summed E-state index contributed by atoms with van der Waals surface area (Å²) >= 11 is 0. The average molecular weight is 208 g/mol.